The van der Waals surface area contributed by atoms with Gasteiger partial charge in [-0.25, -0.2) is 4.39 Å². The Labute approximate surface area is 135 Å². The molecule has 0 bridgehead atoms. The van der Waals surface area contributed by atoms with E-state index in [4.69, 9.17) is 4.74 Å². The molecule has 112 valence electrons. The Kier molecular flexibility index (Phi) is 4.07. The van der Waals surface area contributed by atoms with Crippen LogP contribution in [0.2, 0.25) is 0 Å². The van der Waals surface area contributed by atoms with Crippen LogP contribution in [0, 0.1) is 5.82 Å². The first-order valence-electron chi connectivity index (χ1n) is 6.86. The lowest BCUT2D eigenvalue weighted by atomic mass is 9.97. The summed E-state index contributed by atoms with van der Waals surface area (Å²) < 4.78 is 18.9. The highest BCUT2D eigenvalue weighted by Gasteiger charge is 2.21. The van der Waals surface area contributed by atoms with E-state index >= 15 is 0 Å². The predicted octanol–water partition coefficient (Wildman–Crippen LogP) is 3.98. The molecule has 0 aromatic heterocycles. The smallest absolute Gasteiger partial charge is 0.233 e. The number of halogens is 2. The third-order valence-electron chi connectivity index (χ3n) is 3.56. The minimum Gasteiger partial charge on any atom is -0.493 e. The van der Waals surface area contributed by atoms with Crippen molar-refractivity contribution in [3.05, 3.63) is 63.4 Å². The molecule has 1 heterocycles. The van der Waals surface area contributed by atoms with Crippen molar-refractivity contribution in [2.24, 2.45) is 0 Å². The molecule has 3 nitrogen and oxygen atoms in total. The van der Waals surface area contributed by atoms with Gasteiger partial charge in [-0.1, -0.05) is 0 Å². The number of ketones is 2. The number of Topliss-reactive ketones (excluding diaryl/α,β-unsaturated/α-hetero) is 2. The Balaban J connectivity index is 1.89. The third-order valence-corrected chi connectivity index (χ3v) is 4.17. The normalized spacial score (nSPS) is 13.2. The second-order valence-electron chi connectivity index (χ2n) is 5.06. The fraction of sp³-hybridized carbons (Fsp3) is 0.176. The summed E-state index contributed by atoms with van der Waals surface area (Å²) in [6.45, 7) is 0.669. The van der Waals surface area contributed by atoms with Gasteiger partial charge in [-0.3, -0.25) is 9.59 Å². The number of fused-ring (bicyclic) bond motifs is 1. The average Bonchev–Trinajstić information content (AvgIpc) is 2.55. The van der Waals surface area contributed by atoms with E-state index in [1.54, 1.807) is 18.2 Å². The topological polar surface area (TPSA) is 43.4 Å². The molecule has 0 radical (unpaired) electrons. The van der Waals surface area contributed by atoms with E-state index in [9.17, 15) is 14.0 Å². The van der Waals surface area contributed by atoms with Crippen LogP contribution >= 0.6 is 15.9 Å². The van der Waals surface area contributed by atoms with Crippen molar-refractivity contribution in [2.75, 3.05) is 6.61 Å². The van der Waals surface area contributed by atoms with Gasteiger partial charge < -0.3 is 4.74 Å². The predicted molar refractivity (Wildman–Crippen MR) is 83.0 cm³/mol. The lowest BCUT2D eigenvalue weighted by Crippen LogP contribution is -2.16. The van der Waals surface area contributed by atoms with Gasteiger partial charge in [0.2, 0.25) is 11.6 Å². The van der Waals surface area contributed by atoms with Crippen molar-refractivity contribution in [1.82, 2.24) is 0 Å². The maximum Gasteiger partial charge on any atom is 0.233 e. The van der Waals surface area contributed by atoms with Crippen LogP contribution in [0.5, 0.6) is 5.75 Å². The number of rotatable bonds is 3. The van der Waals surface area contributed by atoms with Crippen LogP contribution in [0.4, 0.5) is 4.39 Å². The Morgan fingerprint density at radius 2 is 1.73 bits per heavy atom. The van der Waals surface area contributed by atoms with Crippen LogP contribution in [0.25, 0.3) is 0 Å². The molecule has 1 aliphatic rings. The number of hydrogen-bond donors (Lipinski definition) is 0. The first kappa shape index (κ1) is 14.9. The largest absolute Gasteiger partial charge is 0.493 e. The lowest BCUT2D eigenvalue weighted by Gasteiger charge is -2.17. The van der Waals surface area contributed by atoms with Gasteiger partial charge in [-0.05, 0) is 70.7 Å². The summed E-state index contributed by atoms with van der Waals surface area (Å²) in [6, 6.07) is 8.79. The number of carbonyl (C=O) groups excluding carboxylic acids is 2. The van der Waals surface area contributed by atoms with Crippen LogP contribution in [-0.2, 0) is 6.42 Å². The molecule has 0 saturated carbocycles. The van der Waals surface area contributed by atoms with Crippen molar-refractivity contribution < 1.29 is 18.7 Å². The van der Waals surface area contributed by atoms with Crippen LogP contribution < -0.4 is 4.74 Å². The van der Waals surface area contributed by atoms with Gasteiger partial charge in [0.25, 0.3) is 0 Å². The molecule has 0 spiro atoms. The molecular weight excluding hydrogens is 351 g/mol. The highest BCUT2D eigenvalue weighted by Crippen LogP contribution is 2.26. The maximum absolute atomic E-state index is 13.2. The van der Waals surface area contributed by atoms with E-state index in [2.05, 4.69) is 15.9 Å². The minimum atomic E-state index is -0.655. The zero-order valence-electron chi connectivity index (χ0n) is 11.6. The fourth-order valence-corrected chi connectivity index (χ4v) is 2.78. The summed E-state index contributed by atoms with van der Waals surface area (Å²) in [6.07, 6.45) is 1.72. The fourth-order valence-electron chi connectivity index (χ4n) is 2.40. The standard InChI is InChI=1S/C17H12BrFO3/c18-13-9-12(3-5-14(13)19)17(21)16(20)11-4-6-15-10(8-11)2-1-7-22-15/h3-6,8-9H,1-2,7H2. The van der Waals surface area contributed by atoms with E-state index < -0.39 is 17.4 Å². The van der Waals surface area contributed by atoms with Crippen LogP contribution in [0.1, 0.15) is 32.7 Å². The molecular formula is C17H12BrFO3. The summed E-state index contributed by atoms with van der Waals surface area (Å²) in [5, 5.41) is 0. The highest BCUT2D eigenvalue weighted by molar-refractivity contribution is 9.10. The zero-order valence-corrected chi connectivity index (χ0v) is 13.2. The molecule has 0 aliphatic carbocycles. The van der Waals surface area contributed by atoms with Crippen LogP contribution in [-0.4, -0.2) is 18.2 Å². The average molecular weight is 363 g/mol. The first-order chi connectivity index (χ1) is 10.6. The first-order valence-corrected chi connectivity index (χ1v) is 7.65. The molecule has 3 rings (SSSR count). The minimum absolute atomic E-state index is 0.157. The van der Waals surface area contributed by atoms with E-state index in [1.165, 1.54) is 12.1 Å². The molecule has 0 saturated heterocycles. The van der Waals surface area contributed by atoms with Crippen molar-refractivity contribution in [3.63, 3.8) is 0 Å². The number of ether oxygens (including phenoxy) is 1. The van der Waals surface area contributed by atoms with Gasteiger partial charge in [0, 0.05) is 11.1 Å². The molecule has 5 heteroatoms. The number of aryl methyl sites for hydroxylation is 1. The summed E-state index contributed by atoms with van der Waals surface area (Å²) >= 11 is 3.01. The Bertz CT molecular complexity index is 770. The quantitative estimate of drug-likeness (QED) is 0.612. The van der Waals surface area contributed by atoms with E-state index in [0.29, 0.717) is 12.2 Å². The van der Waals surface area contributed by atoms with Gasteiger partial charge in [0.05, 0.1) is 11.1 Å². The van der Waals surface area contributed by atoms with E-state index in [1.807, 2.05) is 0 Å². The van der Waals surface area contributed by atoms with Crippen molar-refractivity contribution in [2.45, 2.75) is 12.8 Å². The van der Waals surface area contributed by atoms with Gasteiger partial charge in [-0.15, -0.1) is 0 Å². The Hall–Kier alpha value is -2.01. The molecule has 0 atom stereocenters. The molecule has 0 amide bonds. The number of carbonyl (C=O) groups is 2. The van der Waals surface area contributed by atoms with Crippen LogP contribution in [0.3, 0.4) is 0 Å². The molecule has 2 aromatic rings. The zero-order chi connectivity index (χ0) is 15.7. The molecule has 0 N–H and O–H groups in total. The van der Waals surface area contributed by atoms with Crippen molar-refractivity contribution in [3.8, 4) is 5.75 Å². The van der Waals surface area contributed by atoms with Crippen molar-refractivity contribution >= 4 is 27.5 Å². The highest BCUT2D eigenvalue weighted by atomic mass is 79.9. The van der Waals surface area contributed by atoms with Gasteiger partial charge in [0.1, 0.15) is 11.6 Å². The van der Waals surface area contributed by atoms with E-state index in [-0.39, 0.29) is 10.0 Å². The monoisotopic (exact) mass is 362 g/mol. The summed E-state index contributed by atoms with van der Waals surface area (Å²) in [4.78, 5) is 24.6. The second kappa shape index (κ2) is 6.01. The summed E-state index contributed by atoms with van der Waals surface area (Å²) in [7, 11) is 0. The lowest BCUT2D eigenvalue weighted by molar-refractivity contribution is 0.0816. The van der Waals surface area contributed by atoms with Gasteiger partial charge >= 0.3 is 0 Å². The van der Waals surface area contributed by atoms with Crippen molar-refractivity contribution in [1.29, 1.82) is 0 Å². The molecule has 2 aromatic carbocycles. The number of hydrogen-bond acceptors (Lipinski definition) is 3. The molecule has 0 unspecified atom stereocenters. The van der Waals surface area contributed by atoms with Gasteiger partial charge in [0.15, 0.2) is 0 Å². The summed E-state index contributed by atoms with van der Waals surface area (Å²) in [5.74, 6) is -0.973. The van der Waals surface area contributed by atoms with E-state index in [0.717, 1.165) is 30.2 Å². The molecule has 22 heavy (non-hydrogen) atoms. The molecule has 1 aliphatic heterocycles. The third kappa shape index (κ3) is 2.81. The van der Waals surface area contributed by atoms with Gasteiger partial charge in [-0.2, -0.15) is 0 Å². The second-order valence-corrected chi connectivity index (χ2v) is 5.92. The Morgan fingerprint density at radius 1 is 1.05 bits per heavy atom. The summed E-state index contributed by atoms with van der Waals surface area (Å²) in [5.41, 5.74) is 1.42. The maximum atomic E-state index is 13.2. The number of benzene rings is 2. The SMILES string of the molecule is O=C(C(=O)c1ccc2c(c1)CCCO2)c1ccc(F)c(Br)c1. The Morgan fingerprint density at radius 3 is 2.45 bits per heavy atom. The molecule has 0 fully saturated rings. The van der Waals surface area contributed by atoms with Crippen LogP contribution in [0.15, 0.2) is 40.9 Å².